The molecule has 0 bridgehead atoms. The summed E-state index contributed by atoms with van der Waals surface area (Å²) in [6.07, 6.45) is 5.20. The molecule has 1 amide bonds. The lowest BCUT2D eigenvalue weighted by atomic mass is 10.1. The highest BCUT2D eigenvalue weighted by molar-refractivity contribution is 7.89. The molecular formula is C24H28N4O4S. The maximum absolute atomic E-state index is 12.7. The molecule has 1 fully saturated rings. The third-order valence-corrected chi connectivity index (χ3v) is 7.69. The fourth-order valence-corrected chi connectivity index (χ4v) is 5.30. The van der Waals surface area contributed by atoms with Gasteiger partial charge >= 0.3 is 0 Å². The molecule has 2 heterocycles. The summed E-state index contributed by atoms with van der Waals surface area (Å²) in [6, 6.07) is 12.8. The number of benzene rings is 2. The van der Waals surface area contributed by atoms with E-state index in [1.54, 1.807) is 30.5 Å². The first-order valence-electron chi connectivity index (χ1n) is 11.1. The van der Waals surface area contributed by atoms with Gasteiger partial charge in [-0.05, 0) is 36.1 Å². The van der Waals surface area contributed by atoms with E-state index in [1.807, 2.05) is 18.3 Å². The number of sulfonamides is 1. The minimum absolute atomic E-state index is 0.203. The molecule has 8 nitrogen and oxygen atoms in total. The number of carbonyl (C=O) groups excluding carboxylic acids is 1. The van der Waals surface area contributed by atoms with Gasteiger partial charge in [-0.25, -0.2) is 13.8 Å². The van der Waals surface area contributed by atoms with Crippen LogP contribution in [0.4, 0.5) is 0 Å². The standard InChI is InChI=1S/C24H28N4O4S/c1-2-19-4-3-5-22-20(16-25-24(19)22)17-26-27-23(29)11-8-18-6-9-21(10-7-18)33(30,31)28-12-14-32-15-13-28/h3-7,9-10,16-17,25H,2,8,11-15H2,1H3,(H,27,29)/b26-17+. The Bertz CT molecular complexity index is 1240. The van der Waals surface area contributed by atoms with E-state index in [9.17, 15) is 13.2 Å². The Morgan fingerprint density at radius 1 is 1.18 bits per heavy atom. The van der Waals surface area contributed by atoms with Crippen LogP contribution >= 0.6 is 0 Å². The van der Waals surface area contributed by atoms with Crippen molar-refractivity contribution in [2.45, 2.75) is 31.1 Å². The lowest BCUT2D eigenvalue weighted by molar-refractivity contribution is -0.121. The Balaban J connectivity index is 1.30. The maximum atomic E-state index is 12.7. The quantitative estimate of drug-likeness (QED) is 0.392. The third-order valence-electron chi connectivity index (χ3n) is 5.78. The van der Waals surface area contributed by atoms with Crippen LogP contribution in [0.15, 0.2) is 58.7 Å². The molecule has 9 heteroatoms. The van der Waals surface area contributed by atoms with Crippen LogP contribution in [-0.2, 0) is 32.4 Å². The van der Waals surface area contributed by atoms with Crippen LogP contribution in [0.5, 0.6) is 0 Å². The van der Waals surface area contributed by atoms with Crippen LogP contribution in [0, 0.1) is 0 Å². The molecule has 33 heavy (non-hydrogen) atoms. The number of amides is 1. The van der Waals surface area contributed by atoms with E-state index in [-0.39, 0.29) is 17.2 Å². The molecule has 0 radical (unpaired) electrons. The fourth-order valence-electron chi connectivity index (χ4n) is 3.89. The van der Waals surface area contributed by atoms with Crippen molar-refractivity contribution < 1.29 is 17.9 Å². The minimum Gasteiger partial charge on any atom is -0.379 e. The van der Waals surface area contributed by atoms with Crippen molar-refractivity contribution in [3.05, 3.63) is 65.4 Å². The summed E-state index contributed by atoms with van der Waals surface area (Å²) in [5.74, 6) is -0.203. The lowest BCUT2D eigenvalue weighted by Gasteiger charge is -2.26. The number of hydrazone groups is 1. The minimum atomic E-state index is -3.51. The number of rotatable bonds is 8. The van der Waals surface area contributed by atoms with Crippen LogP contribution in [0.3, 0.4) is 0 Å². The van der Waals surface area contributed by atoms with Gasteiger partial charge in [-0.3, -0.25) is 4.79 Å². The molecule has 0 unspecified atom stereocenters. The largest absolute Gasteiger partial charge is 0.379 e. The molecule has 174 valence electrons. The van der Waals surface area contributed by atoms with E-state index >= 15 is 0 Å². The number of ether oxygens (including phenoxy) is 1. The topological polar surface area (TPSA) is 104 Å². The predicted octanol–water partition coefficient (Wildman–Crippen LogP) is 2.83. The molecular weight excluding hydrogens is 440 g/mol. The smallest absolute Gasteiger partial charge is 0.243 e. The van der Waals surface area contributed by atoms with E-state index < -0.39 is 10.0 Å². The summed E-state index contributed by atoms with van der Waals surface area (Å²) in [5, 5.41) is 5.16. The summed E-state index contributed by atoms with van der Waals surface area (Å²) in [6.45, 7) is 3.66. The van der Waals surface area contributed by atoms with Crippen molar-refractivity contribution in [2.75, 3.05) is 26.3 Å². The number of aromatic amines is 1. The van der Waals surface area contributed by atoms with Gasteiger partial charge in [0.25, 0.3) is 0 Å². The number of hydrogen-bond donors (Lipinski definition) is 2. The second-order valence-electron chi connectivity index (χ2n) is 7.89. The van der Waals surface area contributed by atoms with Crippen molar-refractivity contribution in [3.63, 3.8) is 0 Å². The lowest BCUT2D eigenvalue weighted by Crippen LogP contribution is -2.40. The molecule has 1 aromatic heterocycles. The van der Waals surface area contributed by atoms with Crippen LogP contribution in [0.25, 0.3) is 10.9 Å². The van der Waals surface area contributed by atoms with Crippen molar-refractivity contribution in [3.8, 4) is 0 Å². The van der Waals surface area contributed by atoms with Gasteiger partial charge in [0.2, 0.25) is 15.9 Å². The van der Waals surface area contributed by atoms with Gasteiger partial charge in [0.15, 0.2) is 0 Å². The molecule has 2 N–H and O–H groups in total. The number of H-pyrrole nitrogens is 1. The summed E-state index contributed by atoms with van der Waals surface area (Å²) in [7, 11) is -3.51. The molecule has 2 aromatic carbocycles. The molecule has 1 aliphatic rings. The van der Waals surface area contributed by atoms with Gasteiger partial charge < -0.3 is 9.72 Å². The molecule has 0 spiro atoms. The number of nitrogens with zero attached hydrogens (tertiary/aromatic N) is 2. The second kappa shape index (κ2) is 10.3. The van der Waals surface area contributed by atoms with E-state index in [1.165, 1.54) is 9.87 Å². The fraction of sp³-hybridized carbons (Fsp3) is 0.333. The molecule has 0 saturated carbocycles. The highest BCUT2D eigenvalue weighted by atomic mass is 32.2. The second-order valence-corrected chi connectivity index (χ2v) is 9.83. The molecule has 0 aliphatic carbocycles. The first kappa shape index (κ1) is 23.2. The monoisotopic (exact) mass is 468 g/mol. The Morgan fingerprint density at radius 3 is 2.67 bits per heavy atom. The average molecular weight is 469 g/mol. The molecule has 1 saturated heterocycles. The molecule has 4 rings (SSSR count). The van der Waals surface area contributed by atoms with Crippen LogP contribution in [-0.4, -0.2) is 56.1 Å². The van der Waals surface area contributed by atoms with E-state index in [2.05, 4.69) is 28.5 Å². The van der Waals surface area contributed by atoms with Crippen LogP contribution in [0.1, 0.15) is 30.0 Å². The van der Waals surface area contributed by atoms with Crippen LogP contribution < -0.4 is 5.43 Å². The first-order chi connectivity index (χ1) is 16.0. The Morgan fingerprint density at radius 2 is 1.94 bits per heavy atom. The zero-order valence-corrected chi connectivity index (χ0v) is 19.4. The Labute approximate surface area is 193 Å². The normalized spacial score (nSPS) is 15.3. The summed E-state index contributed by atoms with van der Waals surface area (Å²) in [5.41, 5.74) is 6.69. The number of aromatic nitrogens is 1. The number of fused-ring (bicyclic) bond motifs is 1. The zero-order valence-electron chi connectivity index (χ0n) is 18.6. The van der Waals surface area contributed by atoms with Gasteiger partial charge in [0.05, 0.1) is 24.3 Å². The van der Waals surface area contributed by atoms with E-state index in [0.717, 1.165) is 28.5 Å². The van der Waals surface area contributed by atoms with Gasteiger partial charge in [0.1, 0.15) is 0 Å². The van der Waals surface area contributed by atoms with Crippen LogP contribution in [0.2, 0.25) is 0 Å². The molecule has 1 aliphatic heterocycles. The highest BCUT2D eigenvalue weighted by Gasteiger charge is 2.26. The SMILES string of the molecule is CCc1cccc2c(/C=N/NC(=O)CCc3ccc(S(=O)(=O)N4CCOCC4)cc3)c[nH]c12. The summed E-state index contributed by atoms with van der Waals surface area (Å²) < 4.78 is 32.0. The molecule has 3 aromatic rings. The maximum Gasteiger partial charge on any atom is 0.243 e. The summed E-state index contributed by atoms with van der Waals surface area (Å²) in [4.78, 5) is 15.7. The van der Waals surface area contributed by atoms with E-state index in [0.29, 0.717) is 32.7 Å². The number of morpholine rings is 1. The van der Waals surface area contributed by atoms with Crippen molar-refractivity contribution in [1.82, 2.24) is 14.7 Å². The van der Waals surface area contributed by atoms with Crippen molar-refractivity contribution >= 4 is 33.0 Å². The van der Waals surface area contributed by atoms with E-state index in [4.69, 9.17) is 4.74 Å². The number of para-hydroxylation sites is 1. The Kier molecular flexibility index (Phi) is 7.22. The predicted molar refractivity (Wildman–Crippen MR) is 128 cm³/mol. The van der Waals surface area contributed by atoms with Gasteiger partial charge in [0, 0.05) is 42.2 Å². The average Bonchev–Trinajstić information content (AvgIpc) is 3.27. The van der Waals surface area contributed by atoms with Crippen molar-refractivity contribution in [2.24, 2.45) is 5.10 Å². The highest BCUT2D eigenvalue weighted by Crippen LogP contribution is 2.21. The number of hydrogen-bond acceptors (Lipinski definition) is 5. The first-order valence-corrected chi connectivity index (χ1v) is 12.5. The van der Waals surface area contributed by atoms with Crippen molar-refractivity contribution in [1.29, 1.82) is 0 Å². The summed E-state index contributed by atoms with van der Waals surface area (Å²) >= 11 is 0. The zero-order chi connectivity index (χ0) is 23.3. The third kappa shape index (κ3) is 5.32. The van der Waals surface area contributed by atoms with Gasteiger partial charge in [-0.2, -0.15) is 9.41 Å². The number of carbonyl (C=O) groups is 1. The van der Waals surface area contributed by atoms with Gasteiger partial charge in [-0.1, -0.05) is 37.3 Å². The molecule has 0 atom stereocenters. The Hall–Kier alpha value is -3.01. The number of aryl methyl sites for hydroxylation is 2. The number of nitrogens with one attached hydrogen (secondary N) is 2. The van der Waals surface area contributed by atoms with Gasteiger partial charge in [-0.15, -0.1) is 0 Å².